The molecular weight excluding hydrogens is 348 g/mol. The van der Waals surface area contributed by atoms with Gasteiger partial charge in [-0.25, -0.2) is 14.4 Å². The number of hydrogen-bond donors (Lipinski definition) is 2. The van der Waals surface area contributed by atoms with Crippen LogP contribution >= 0.6 is 11.6 Å². The molecule has 0 spiro atoms. The number of rotatable bonds is 6. The lowest BCUT2D eigenvalue weighted by atomic mass is 10.0. The molecule has 0 aliphatic carbocycles. The lowest BCUT2D eigenvalue weighted by molar-refractivity contribution is -0.139. The predicted molar refractivity (Wildman–Crippen MR) is 91.1 cm³/mol. The lowest BCUT2D eigenvalue weighted by Gasteiger charge is -2.28. The Kier molecular flexibility index (Phi) is 6.41. The van der Waals surface area contributed by atoms with Crippen LogP contribution in [0, 0.1) is 0 Å². The van der Waals surface area contributed by atoms with Crippen LogP contribution in [0.1, 0.15) is 30.6 Å². The van der Waals surface area contributed by atoms with Crippen LogP contribution in [0.5, 0.6) is 0 Å². The fourth-order valence-corrected chi connectivity index (χ4v) is 2.63. The maximum absolute atomic E-state index is 12.2. The normalized spacial score (nSPS) is 16.8. The molecule has 8 heteroatoms. The van der Waals surface area contributed by atoms with Crippen molar-refractivity contribution in [1.82, 2.24) is 10.6 Å². The number of carbonyl (C=O) groups excluding carboxylic acids is 3. The van der Waals surface area contributed by atoms with E-state index in [9.17, 15) is 14.4 Å². The molecule has 0 radical (unpaired) electrons. The van der Waals surface area contributed by atoms with Gasteiger partial charge in [0.1, 0.15) is 6.61 Å². The summed E-state index contributed by atoms with van der Waals surface area (Å²) in [6, 6.07) is 5.47. The average Bonchev–Trinajstić information content (AvgIpc) is 2.59. The maximum Gasteiger partial charge on any atom is 0.340 e. The van der Waals surface area contributed by atoms with E-state index >= 15 is 0 Å². The molecule has 2 amide bonds. The van der Waals surface area contributed by atoms with Gasteiger partial charge in [-0.2, -0.15) is 0 Å². The van der Waals surface area contributed by atoms with Crippen LogP contribution in [0.15, 0.2) is 35.5 Å². The summed E-state index contributed by atoms with van der Waals surface area (Å²) in [5.41, 5.74) is 0.653. The summed E-state index contributed by atoms with van der Waals surface area (Å²) >= 11 is 5.96. The van der Waals surface area contributed by atoms with E-state index in [0.29, 0.717) is 6.42 Å². The van der Waals surface area contributed by atoms with Crippen molar-refractivity contribution in [2.24, 2.45) is 0 Å². The molecule has 0 fully saturated rings. The number of carbonyl (C=O) groups is 3. The first-order valence-electron chi connectivity index (χ1n) is 7.87. The molecule has 1 aromatic carbocycles. The van der Waals surface area contributed by atoms with Gasteiger partial charge in [0, 0.05) is 0 Å². The van der Waals surface area contributed by atoms with E-state index in [2.05, 4.69) is 10.6 Å². The number of esters is 2. The molecule has 0 saturated heterocycles. The molecular formula is C17H19ClN2O5. The minimum atomic E-state index is -0.651. The number of ether oxygens (including phenoxy) is 2. The van der Waals surface area contributed by atoms with Crippen LogP contribution in [-0.4, -0.2) is 37.2 Å². The standard InChI is InChI=1S/C17H19ClN2O5/c1-3-12-14(16(22)24-4-2)13(20-17(23)19-12)9-25-15(21)10-7-5-6-8-11(10)18/h5-8,12H,3-4,9H2,1-2H3,(H2,19,20,23)/t12-/m0/s1. The van der Waals surface area contributed by atoms with Crippen molar-refractivity contribution >= 4 is 29.6 Å². The smallest absolute Gasteiger partial charge is 0.340 e. The number of hydrogen-bond acceptors (Lipinski definition) is 5. The van der Waals surface area contributed by atoms with Gasteiger partial charge < -0.3 is 20.1 Å². The van der Waals surface area contributed by atoms with Crippen LogP contribution in [0.2, 0.25) is 5.02 Å². The minimum Gasteiger partial charge on any atom is -0.463 e. The Morgan fingerprint density at radius 3 is 2.52 bits per heavy atom. The molecule has 0 bridgehead atoms. The van der Waals surface area contributed by atoms with Gasteiger partial charge in [-0.3, -0.25) is 0 Å². The third kappa shape index (κ3) is 4.51. The van der Waals surface area contributed by atoms with Crippen molar-refractivity contribution < 1.29 is 23.9 Å². The fraction of sp³-hybridized carbons (Fsp3) is 0.353. The van der Waals surface area contributed by atoms with Gasteiger partial charge in [0.25, 0.3) is 0 Å². The molecule has 1 aliphatic rings. The van der Waals surface area contributed by atoms with Crippen LogP contribution in [0.4, 0.5) is 4.79 Å². The Balaban J connectivity index is 2.22. The lowest BCUT2D eigenvalue weighted by Crippen LogP contribution is -2.51. The number of amides is 2. The monoisotopic (exact) mass is 366 g/mol. The fourth-order valence-electron chi connectivity index (χ4n) is 2.42. The molecule has 0 aromatic heterocycles. The molecule has 134 valence electrons. The highest BCUT2D eigenvalue weighted by Gasteiger charge is 2.32. The summed E-state index contributed by atoms with van der Waals surface area (Å²) in [4.78, 5) is 36.2. The van der Waals surface area contributed by atoms with Crippen LogP contribution in [0.3, 0.4) is 0 Å². The molecule has 0 saturated carbocycles. The number of nitrogens with one attached hydrogen (secondary N) is 2. The molecule has 0 unspecified atom stereocenters. The second-order valence-corrected chi connectivity index (χ2v) is 5.64. The Hall–Kier alpha value is -2.54. The van der Waals surface area contributed by atoms with Crippen molar-refractivity contribution in [3.63, 3.8) is 0 Å². The van der Waals surface area contributed by atoms with Gasteiger partial charge >= 0.3 is 18.0 Å². The van der Waals surface area contributed by atoms with Gasteiger partial charge in [-0.1, -0.05) is 30.7 Å². The summed E-state index contributed by atoms with van der Waals surface area (Å²) in [5, 5.41) is 5.41. The largest absolute Gasteiger partial charge is 0.463 e. The first kappa shape index (κ1) is 18.8. The Morgan fingerprint density at radius 1 is 1.16 bits per heavy atom. The summed E-state index contributed by atoms with van der Waals surface area (Å²) in [6.45, 7) is 3.43. The van der Waals surface area contributed by atoms with Gasteiger partial charge in [0.05, 0.1) is 34.5 Å². The maximum atomic E-state index is 12.2. The SMILES string of the molecule is CCOC(=O)C1=C(COC(=O)c2ccccc2Cl)NC(=O)N[C@H]1CC. The topological polar surface area (TPSA) is 93.7 Å². The summed E-state index contributed by atoms with van der Waals surface area (Å²) in [5.74, 6) is -1.22. The van der Waals surface area contributed by atoms with E-state index < -0.39 is 24.0 Å². The van der Waals surface area contributed by atoms with Gasteiger partial charge in [-0.05, 0) is 25.5 Å². The highest BCUT2D eigenvalue weighted by molar-refractivity contribution is 6.33. The predicted octanol–water partition coefficient (Wildman–Crippen LogP) is 2.41. The van der Waals surface area contributed by atoms with E-state index in [1.807, 2.05) is 6.92 Å². The Bertz CT molecular complexity index is 717. The zero-order chi connectivity index (χ0) is 18.4. The van der Waals surface area contributed by atoms with E-state index in [1.165, 1.54) is 6.07 Å². The molecule has 2 N–H and O–H groups in total. The molecule has 7 nitrogen and oxygen atoms in total. The van der Waals surface area contributed by atoms with Crippen molar-refractivity contribution in [2.45, 2.75) is 26.3 Å². The summed E-state index contributed by atoms with van der Waals surface area (Å²) in [6.07, 6.45) is 0.490. The Labute approximate surface area is 150 Å². The van der Waals surface area contributed by atoms with E-state index in [4.69, 9.17) is 21.1 Å². The zero-order valence-electron chi connectivity index (χ0n) is 13.9. The highest BCUT2D eigenvalue weighted by Crippen LogP contribution is 2.19. The van der Waals surface area contributed by atoms with E-state index in [0.717, 1.165) is 0 Å². The zero-order valence-corrected chi connectivity index (χ0v) is 14.7. The number of benzene rings is 1. The second-order valence-electron chi connectivity index (χ2n) is 5.23. The molecule has 1 heterocycles. The van der Waals surface area contributed by atoms with Gasteiger partial charge in [0.15, 0.2) is 0 Å². The molecule has 1 atom stereocenters. The third-order valence-electron chi connectivity index (χ3n) is 3.59. The molecule has 2 rings (SSSR count). The molecule has 1 aliphatic heterocycles. The number of urea groups is 1. The Morgan fingerprint density at radius 2 is 1.88 bits per heavy atom. The van der Waals surface area contributed by atoms with Gasteiger partial charge in [-0.15, -0.1) is 0 Å². The van der Waals surface area contributed by atoms with E-state index in [-0.39, 0.29) is 35.1 Å². The van der Waals surface area contributed by atoms with Crippen LogP contribution in [0.25, 0.3) is 0 Å². The van der Waals surface area contributed by atoms with Crippen molar-refractivity contribution in [3.8, 4) is 0 Å². The first-order valence-corrected chi connectivity index (χ1v) is 8.25. The van der Waals surface area contributed by atoms with Crippen molar-refractivity contribution in [2.75, 3.05) is 13.2 Å². The van der Waals surface area contributed by atoms with Crippen molar-refractivity contribution in [3.05, 3.63) is 46.1 Å². The third-order valence-corrected chi connectivity index (χ3v) is 3.92. The number of halogens is 1. The summed E-state index contributed by atoms with van der Waals surface area (Å²) < 4.78 is 10.3. The molecule has 1 aromatic rings. The van der Waals surface area contributed by atoms with Crippen LogP contribution in [-0.2, 0) is 14.3 Å². The highest BCUT2D eigenvalue weighted by atomic mass is 35.5. The van der Waals surface area contributed by atoms with E-state index in [1.54, 1.807) is 25.1 Å². The average molecular weight is 367 g/mol. The molecule has 25 heavy (non-hydrogen) atoms. The van der Waals surface area contributed by atoms with Crippen molar-refractivity contribution in [1.29, 1.82) is 0 Å². The quantitative estimate of drug-likeness (QED) is 0.754. The van der Waals surface area contributed by atoms with Gasteiger partial charge in [0.2, 0.25) is 0 Å². The summed E-state index contributed by atoms with van der Waals surface area (Å²) in [7, 11) is 0. The van der Waals surface area contributed by atoms with Crippen LogP contribution < -0.4 is 10.6 Å². The first-order chi connectivity index (χ1) is 12.0. The second kappa shape index (κ2) is 8.53. The minimum absolute atomic E-state index is 0.194.